The Hall–Kier alpha value is -1.33. The summed E-state index contributed by atoms with van der Waals surface area (Å²) in [7, 11) is 0. The average Bonchev–Trinajstić information content (AvgIpc) is 2.71. The second kappa shape index (κ2) is 5.54. The van der Waals surface area contributed by atoms with Gasteiger partial charge in [0.25, 0.3) is 0 Å². The highest BCUT2D eigenvalue weighted by Crippen LogP contribution is 2.33. The van der Waals surface area contributed by atoms with Crippen molar-refractivity contribution in [2.45, 2.75) is 19.4 Å². The first-order valence-electron chi connectivity index (χ1n) is 5.88. The summed E-state index contributed by atoms with van der Waals surface area (Å²) in [5.41, 5.74) is 0.400. The van der Waals surface area contributed by atoms with Crippen molar-refractivity contribution in [3.05, 3.63) is 33.3 Å². The van der Waals surface area contributed by atoms with Crippen molar-refractivity contribution in [3.63, 3.8) is 0 Å². The number of nitro groups is 1. The van der Waals surface area contributed by atoms with E-state index in [1.807, 2.05) is 6.92 Å². The summed E-state index contributed by atoms with van der Waals surface area (Å²) in [4.78, 5) is 10.5. The van der Waals surface area contributed by atoms with Crippen LogP contribution in [0.4, 0.5) is 11.4 Å². The summed E-state index contributed by atoms with van der Waals surface area (Å²) >= 11 is 5.84. The maximum atomic E-state index is 11.0. The van der Waals surface area contributed by atoms with Crippen LogP contribution in [0.5, 0.6) is 0 Å². The van der Waals surface area contributed by atoms with E-state index in [1.165, 1.54) is 6.07 Å². The van der Waals surface area contributed by atoms with Gasteiger partial charge in [-0.25, -0.2) is 0 Å². The van der Waals surface area contributed by atoms with Gasteiger partial charge in [0.05, 0.1) is 11.0 Å². The molecule has 0 amide bonds. The van der Waals surface area contributed by atoms with Gasteiger partial charge in [0, 0.05) is 19.1 Å². The van der Waals surface area contributed by atoms with Crippen LogP contribution in [0.15, 0.2) is 18.2 Å². The minimum atomic E-state index is -0.459. The first kappa shape index (κ1) is 13.1. The first-order valence-corrected chi connectivity index (χ1v) is 6.25. The number of anilines is 1. The molecule has 18 heavy (non-hydrogen) atoms. The van der Waals surface area contributed by atoms with Gasteiger partial charge in [0.2, 0.25) is 0 Å². The van der Waals surface area contributed by atoms with Crippen LogP contribution in [0.25, 0.3) is 0 Å². The lowest BCUT2D eigenvalue weighted by Crippen LogP contribution is -2.21. The Balaban J connectivity index is 2.09. The molecule has 1 fully saturated rings. The third kappa shape index (κ3) is 2.73. The number of benzene rings is 1. The average molecular weight is 271 g/mol. The fourth-order valence-corrected chi connectivity index (χ4v) is 2.37. The number of para-hydroxylation sites is 1. The zero-order chi connectivity index (χ0) is 13.1. The molecular weight excluding hydrogens is 256 g/mol. The molecule has 6 heteroatoms. The van der Waals surface area contributed by atoms with Crippen molar-refractivity contribution in [2.75, 3.05) is 18.5 Å². The van der Waals surface area contributed by atoms with E-state index in [0.717, 1.165) is 13.0 Å². The van der Waals surface area contributed by atoms with Crippen LogP contribution in [0.2, 0.25) is 5.02 Å². The van der Waals surface area contributed by atoms with Gasteiger partial charge in [-0.3, -0.25) is 10.1 Å². The molecular formula is C12H15ClN2O3. The van der Waals surface area contributed by atoms with Crippen molar-refractivity contribution in [2.24, 2.45) is 5.92 Å². The number of nitrogens with zero attached hydrogens (tertiary/aromatic N) is 1. The Morgan fingerprint density at radius 3 is 3.00 bits per heavy atom. The van der Waals surface area contributed by atoms with Gasteiger partial charge in [-0.05, 0) is 25.5 Å². The molecule has 2 atom stereocenters. The molecule has 1 saturated heterocycles. The van der Waals surface area contributed by atoms with E-state index in [0.29, 0.717) is 18.2 Å². The summed E-state index contributed by atoms with van der Waals surface area (Å²) in [5.74, 6) is 0.378. The van der Waals surface area contributed by atoms with Gasteiger partial charge < -0.3 is 10.1 Å². The number of hydrogen-bond acceptors (Lipinski definition) is 4. The standard InChI is InChI=1S/C12H15ClN2O3/c1-8-9(5-6-18-8)7-14-11-4-2-3-10(13)12(11)15(16)17/h2-4,8-9,14H,5-7H2,1H3. The maximum Gasteiger partial charge on any atom is 0.310 e. The lowest BCUT2D eigenvalue weighted by Gasteiger charge is -2.15. The minimum absolute atomic E-state index is 0.0641. The molecule has 0 radical (unpaired) electrons. The molecule has 1 heterocycles. The number of nitro benzene ring substituents is 1. The SMILES string of the molecule is CC1OCCC1CNc1cccc(Cl)c1[N+](=O)[O-]. The summed E-state index contributed by atoms with van der Waals surface area (Å²) in [6, 6.07) is 4.89. The quantitative estimate of drug-likeness (QED) is 0.674. The molecule has 0 bridgehead atoms. The topological polar surface area (TPSA) is 64.4 Å². The van der Waals surface area contributed by atoms with Gasteiger partial charge in [-0.2, -0.15) is 0 Å². The van der Waals surface area contributed by atoms with E-state index in [4.69, 9.17) is 16.3 Å². The van der Waals surface area contributed by atoms with Crippen LogP contribution >= 0.6 is 11.6 Å². The second-order valence-electron chi connectivity index (χ2n) is 4.40. The predicted molar refractivity (Wildman–Crippen MR) is 70.1 cm³/mol. The second-order valence-corrected chi connectivity index (χ2v) is 4.81. The lowest BCUT2D eigenvalue weighted by atomic mass is 10.0. The smallest absolute Gasteiger partial charge is 0.310 e. The van der Waals surface area contributed by atoms with E-state index < -0.39 is 4.92 Å². The highest BCUT2D eigenvalue weighted by Gasteiger charge is 2.25. The van der Waals surface area contributed by atoms with Gasteiger partial charge in [-0.1, -0.05) is 17.7 Å². The summed E-state index contributed by atoms with van der Waals surface area (Å²) in [5, 5.41) is 14.2. The molecule has 1 aromatic carbocycles. The molecule has 1 aliphatic heterocycles. The monoisotopic (exact) mass is 270 g/mol. The largest absolute Gasteiger partial charge is 0.379 e. The Labute approximate surface area is 110 Å². The fraction of sp³-hybridized carbons (Fsp3) is 0.500. The number of nitrogens with one attached hydrogen (secondary N) is 1. The molecule has 0 spiro atoms. The Kier molecular flexibility index (Phi) is 4.04. The molecule has 0 aliphatic carbocycles. The molecule has 2 unspecified atom stereocenters. The third-order valence-corrected chi connectivity index (χ3v) is 3.56. The Morgan fingerprint density at radius 2 is 2.39 bits per heavy atom. The van der Waals surface area contributed by atoms with Gasteiger partial charge >= 0.3 is 5.69 Å². The van der Waals surface area contributed by atoms with Crippen LogP contribution in [0, 0.1) is 16.0 Å². The van der Waals surface area contributed by atoms with Gasteiger partial charge in [-0.15, -0.1) is 0 Å². The van der Waals surface area contributed by atoms with E-state index in [9.17, 15) is 10.1 Å². The minimum Gasteiger partial charge on any atom is -0.379 e. The van der Waals surface area contributed by atoms with Gasteiger partial charge in [0.1, 0.15) is 10.7 Å². The van der Waals surface area contributed by atoms with Gasteiger partial charge in [0.15, 0.2) is 0 Å². The molecule has 1 N–H and O–H groups in total. The van der Waals surface area contributed by atoms with Crippen molar-refractivity contribution in [1.82, 2.24) is 0 Å². The Morgan fingerprint density at radius 1 is 1.61 bits per heavy atom. The first-order chi connectivity index (χ1) is 8.59. The maximum absolute atomic E-state index is 11.0. The normalized spacial score (nSPS) is 23.0. The zero-order valence-corrected chi connectivity index (χ0v) is 10.8. The van der Waals surface area contributed by atoms with Crippen LogP contribution in [0.3, 0.4) is 0 Å². The summed E-state index contributed by atoms with van der Waals surface area (Å²) < 4.78 is 5.46. The number of hydrogen-bond donors (Lipinski definition) is 1. The third-order valence-electron chi connectivity index (χ3n) is 3.26. The molecule has 0 aromatic heterocycles. The molecule has 0 saturated carbocycles. The van der Waals surface area contributed by atoms with Crippen LogP contribution in [-0.4, -0.2) is 24.2 Å². The Bertz CT molecular complexity index is 453. The number of ether oxygens (including phenoxy) is 1. The molecule has 1 aromatic rings. The molecule has 98 valence electrons. The highest BCUT2D eigenvalue weighted by atomic mass is 35.5. The molecule has 1 aliphatic rings. The zero-order valence-electron chi connectivity index (χ0n) is 10.1. The van der Waals surface area contributed by atoms with Crippen LogP contribution in [-0.2, 0) is 4.74 Å². The van der Waals surface area contributed by atoms with E-state index >= 15 is 0 Å². The van der Waals surface area contributed by atoms with Crippen LogP contribution in [0.1, 0.15) is 13.3 Å². The van der Waals surface area contributed by atoms with E-state index in [1.54, 1.807) is 12.1 Å². The van der Waals surface area contributed by atoms with Crippen molar-refractivity contribution in [3.8, 4) is 0 Å². The molecule has 2 rings (SSSR count). The van der Waals surface area contributed by atoms with E-state index in [2.05, 4.69) is 5.32 Å². The van der Waals surface area contributed by atoms with Crippen molar-refractivity contribution >= 4 is 23.0 Å². The summed E-state index contributed by atoms with van der Waals surface area (Å²) in [6.07, 6.45) is 1.17. The van der Waals surface area contributed by atoms with E-state index in [-0.39, 0.29) is 16.8 Å². The van der Waals surface area contributed by atoms with Crippen molar-refractivity contribution < 1.29 is 9.66 Å². The van der Waals surface area contributed by atoms with Crippen molar-refractivity contribution in [1.29, 1.82) is 0 Å². The fourth-order valence-electron chi connectivity index (χ4n) is 2.13. The van der Waals surface area contributed by atoms with Crippen LogP contribution < -0.4 is 5.32 Å². The summed E-state index contributed by atoms with van der Waals surface area (Å²) in [6.45, 7) is 3.43. The molecule has 5 nitrogen and oxygen atoms in total. The number of rotatable bonds is 4. The highest BCUT2D eigenvalue weighted by molar-refractivity contribution is 6.33. The lowest BCUT2D eigenvalue weighted by molar-refractivity contribution is -0.383. The predicted octanol–water partition coefficient (Wildman–Crippen LogP) is 3.09. The number of halogens is 1.